The molecule has 22 heavy (non-hydrogen) atoms. The lowest BCUT2D eigenvalue weighted by Crippen LogP contribution is -2.10. The molecule has 0 fully saturated rings. The number of thiophene rings is 2. The van der Waals surface area contributed by atoms with Crippen LogP contribution < -0.4 is 5.32 Å². The van der Waals surface area contributed by atoms with Gasteiger partial charge in [-0.25, -0.2) is 9.79 Å². The van der Waals surface area contributed by atoms with Crippen molar-refractivity contribution in [2.24, 2.45) is 4.99 Å². The van der Waals surface area contributed by atoms with Crippen molar-refractivity contribution in [2.75, 3.05) is 12.4 Å². The number of nitrogens with zero attached hydrogens (tertiary/aromatic N) is 1. The fraction of sp³-hybridized carbons (Fsp3) is 0.375. The molecule has 1 N–H and O–H groups in total. The van der Waals surface area contributed by atoms with E-state index in [9.17, 15) is 4.79 Å². The van der Waals surface area contributed by atoms with Gasteiger partial charge in [0.25, 0.3) is 0 Å². The first-order chi connectivity index (χ1) is 10.3. The lowest BCUT2D eigenvalue weighted by Gasteiger charge is -2.15. The molecule has 6 heteroatoms. The maximum atomic E-state index is 12.0. The Kier molecular flexibility index (Phi) is 5.03. The summed E-state index contributed by atoms with van der Waals surface area (Å²) < 4.78 is 4.88. The first-order valence-corrected chi connectivity index (χ1v) is 8.59. The summed E-state index contributed by atoms with van der Waals surface area (Å²) in [6, 6.07) is 5.91. The summed E-state index contributed by atoms with van der Waals surface area (Å²) in [6.45, 7) is 8.25. The molecule has 0 amide bonds. The minimum atomic E-state index is -0.327. The minimum Gasteiger partial charge on any atom is -0.465 e. The zero-order valence-electron chi connectivity index (χ0n) is 13.4. The topological polar surface area (TPSA) is 50.7 Å². The van der Waals surface area contributed by atoms with Gasteiger partial charge in [0.15, 0.2) is 0 Å². The van der Waals surface area contributed by atoms with Crippen LogP contribution in [-0.4, -0.2) is 18.9 Å². The maximum Gasteiger partial charge on any atom is 0.350 e. The molecule has 0 radical (unpaired) electrons. The van der Waals surface area contributed by atoms with Crippen molar-refractivity contribution in [3.05, 3.63) is 33.3 Å². The first kappa shape index (κ1) is 16.7. The van der Waals surface area contributed by atoms with Gasteiger partial charge in [-0.05, 0) is 35.9 Å². The van der Waals surface area contributed by atoms with Crippen LogP contribution in [0.25, 0.3) is 0 Å². The predicted octanol–water partition coefficient (Wildman–Crippen LogP) is 5.06. The number of aliphatic imine (C=N–C) groups is 1. The third-order valence-electron chi connectivity index (χ3n) is 2.94. The number of methoxy groups -OCH3 is 1. The second-order valence-corrected chi connectivity index (χ2v) is 7.85. The lowest BCUT2D eigenvalue weighted by atomic mass is 9.94. The zero-order valence-corrected chi connectivity index (χ0v) is 15.0. The Hall–Kier alpha value is -1.66. The van der Waals surface area contributed by atoms with Crippen LogP contribution in [0.15, 0.2) is 28.6 Å². The summed E-state index contributed by atoms with van der Waals surface area (Å²) in [5.41, 5.74) is 0.728. The van der Waals surface area contributed by atoms with E-state index in [1.165, 1.54) is 18.4 Å². The van der Waals surface area contributed by atoms with Gasteiger partial charge in [-0.3, -0.25) is 0 Å². The van der Waals surface area contributed by atoms with E-state index in [2.05, 4.69) is 31.1 Å². The molecule has 0 aliphatic rings. The molecule has 2 rings (SSSR count). The molecule has 0 bridgehead atoms. The number of carbonyl (C=O) groups excluding carboxylic acids is 1. The molecule has 0 saturated heterocycles. The van der Waals surface area contributed by atoms with Gasteiger partial charge in [-0.1, -0.05) is 20.8 Å². The van der Waals surface area contributed by atoms with Gasteiger partial charge in [0.05, 0.1) is 12.8 Å². The molecular weight excluding hydrogens is 316 g/mol. The van der Waals surface area contributed by atoms with E-state index >= 15 is 0 Å². The van der Waals surface area contributed by atoms with Crippen LogP contribution in [0.2, 0.25) is 0 Å². The van der Waals surface area contributed by atoms with E-state index < -0.39 is 0 Å². The van der Waals surface area contributed by atoms with Gasteiger partial charge in [0.1, 0.15) is 15.7 Å². The summed E-state index contributed by atoms with van der Waals surface area (Å²) in [7, 11) is 1.40. The Labute approximate surface area is 138 Å². The SMILES string of the molecule is COC(=O)c1sc(C(C)(C)C)cc1NC(C)=Nc1cccs1. The number of nitrogens with one attached hydrogen (secondary N) is 1. The Morgan fingerprint density at radius 1 is 1.36 bits per heavy atom. The second kappa shape index (κ2) is 6.62. The van der Waals surface area contributed by atoms with Crippen molar-refractivity contribution >= 4 is 45.2 Å². The quantitative estimate of drug-likeness (QED) is 0.484. The van der Waals surface area contributed by atoms with Crippen LogP contribution in [0.3, 0.4) is 0 Å². The van der Waals surface area contributed by atoms with Crippen molar-refractivity contribution in [3.63, 3.8) is 0 Å². The smallest absolute Gasteiger partial charge is 0.350 e. The summed E-state index contributed by atoms with van der Waals surface area (Å²) in [4.78, 5) is 18.2. The van der Waals surface area contributed by atoms with Crippen LogP contribution in [0.4, 0.5) is 10.7 Å². The Bertz CT molecular complexity index is 680. The van der Waals surface area contributed by atoms with Crippen molar-refractivity contribution in [2.45, 2.75) is 33.1 Å². The summed E-state index contributed by atoms with van der Waals surface area (Å²) in [6.07, 6.45) is 0. The molecular formula is C16H20N2O2S2. The Morgan fingerprint density at radius 2 is 2.09 bits per heavy atom. The number of carbonyl (C=O) groups is 1. The van der Waals surface area contributed by atoms with Gasteiger partial charge in [-0.2, -0.15) is 0 Å². The van der Waals surface area contributed by atoms with E-state index in [1.807, 2.05) is 30.5 Å². The van der Waals surface area contributed by atoms with Crippen LogP contribution in [0, 0.1) is 0 Å². The third-order valence-corrected chi connectivity index (χ3v) is 5.24. The molecule has 0 saturated carbocycles. The monoisotopic (exact) mass is 336 g/mol. The highest BCUT2D eigenvalue weighted by molar-refractivity contribution is 7.14. The molecule has 0 aliphatic heterocycles. The third kappa shape index (κ3) is 3.96. The van der Waals surface area contributed by atoms with Gasteiger partial charge >= 0.3 is 5.97 Å². The van der Waals surface area contributed by atoms with Crippen molar-refractivity contribution < 1.29 is 9.53 Å². The van der Waals surface area contributed by atoms with Crippen molar-refractivity contribution in [3.8, 4) is 0 Å². The highest BCUT2D eigenvalue weighted by Gasteiger charge is 2.23. The van der Waals surface area contributed by atoms with E-state index in [1.54, 1.807) is 11.3 Å². The molecule has 0 unspecified atom stereocenters. The molecule has 4 nitrogen and oxygen atoms in total. The standard InChI is InChI=1S/C16H20N2O2S2/c1-10(18-13-7-6-8-21-13)17-11-9-12(16(2,3)4)22-14(11)15(19)20-5/h6-9H,1-5H3,(H,17,18). The number of hydrogen-bond donors (Lipinski definition) is 1. The minimum absolute atomic E-state index is 0.0217. The first-order valence-electron chi connectivity index (χ1n) is 6.89. The Morgan fingerprint density at radius 3 is 2.64 bits per heavy atom. The summed E-state index contributed by atoms with van der Waals surface area (Å²) in [5, 5.41) is 6.13. The maximum absolute atomic E-state index is 12.0. The molecule has 0 atom stereocenters. The van der Waals surface area contributed by atoms with Gasteiger partial charge in [-0.15, -0.1) is 22.7 Å². The highest BCUT2D eigenvalue weighted by Crippen LogP contribution is 2.36. The Balaban J connectivity index is 2.32. The normalized spacial score (nSPS) is 12.3. The average molecular weight is 336 g/mol. The molecule has 2 aromatic rings. The van der Waals surface area contributed by atoms with E-state index in [4.69, 9.17) is 4.74 Å². The lowest BCUT2D eigenvalue weighted by molar-refractivity contribution is 0.0607. The molecule has 0 aromatic carbocycles. The largest absolute Gasteiger partial charge is 0.465 e. The average Bonchev–Trinajstić information content (AvgIpc) is 3.06. The van der Waals surface area contributed by atoms with Crippen LogP contribution >= 0.6 is 22.7 Å². The molecule has 0 aliphatic carbocycles. The van der Waals surface area contributed by atoms with Crippen LogP contribution in [0.5, 0.6) is 0 Å². The second-order valence-electron chi connectivity index (χ2n) is 5.87. The number of rotatable bonds is 3. The fourth-order valence-electron chi connectivity index (χ4n) is 1.82. The fourth-order valence-corrected chi connectivity index (χ4v) is 3.55. The summed E-state index contributed by atoms with van der Waals surface area (Å²) in [5.74, 6) is 0.415. The van der Waals surface area contributed by atoms with Crippen molar-refractivity contribution in [1.82, 2.24) is 0 Å². The molecule has 118 valence electrons. The number of esters is 1. The zero-order chi connectivity index (χ0) is 16.3. The van der Waals surface area contributed by atoms with Crippen LogP contribution in [-0.2, 0) is 10.2 Å². The van der Waals surface area contributed by atoms with E-state index in [0.29, 0.717) is 4.88 Å². The molecule has 2 heterocycles. The van der Waals surface area contributed by atoms with Gasteiger partial charge < -0.3 is 10.1 Å². The van der Waals surface area contributed by atoms with Crippen LogP contribution in [0.1, 0.15) is 42.2 Å². The summed E-state index contributed by atoms with van der Waals surface area (Å²) >= 11 is 3.03. The molecule has 0 spiro atoms. The van der Waals surface area contributed by atoms with E-state index in [-0.39, 0.29) is 11.4 Å². The van der Waals surface area contributed by atoms with E-state index in [0.717, 1.165) is 21.4 Å². The van der Waals surface area contributed by atoms with Crippen molar-refractivity contribution in [1.29, 1.82) is 0 Å². The number of amidine groups is 1. The number of hydrogen-bond acceptors (Lipinski definition) is 5. The highest BCUT2D eigenvalue weighted by atomic mass is 32.1. The number of ether oxygens (including phenoxy) is 1. The predicted molar refractivity (Wildman–Crippen MR) is 95.1 cm³/mol. The van der Waals surface area contributed by atoms with Gasteiger partial charge in [0, 0.05) is 4.88 Å². The van der Waals surface area contributed by atoms with Gasteiger partial charge in [0.2, 0.25) is 0 Å². The number of anilines is 1. The molecule has 2 aromatic heterocycles.